The van der Waals surface area contributed by atoms with Gasteiger partial charge in [0.25, 0.3) is 0 Å². The van der Waals surface area contributed by atoms with Crippen LogP contribution >= 0.6 is 0 Å². The average Bonchev–Trinajstić information content (AvgIpc) is 3.78. The van der Waals surface area contributed by atoms with E-state index in [4.69, 9.17) is 4.98 Å². The Labute approximate surface area is 428 Å². The number of hydrogen-bond donors (Lipinski definition) is 0. The maximum Gasteiger partial charge on any atom is 0.0715 e. The summed E-state index contributed by atoms with van der Waals surface area (Å²) in [5.74, 6) is 0. The Bertz CT molecular complexity index is 3880. The lowest BCUT2D eigenvalue weighted by molar-refractivity contribution is 0.769. The predicted octanol–water partition coefficient (Wildman–Crippen LogP) is 18.8. The highest BCUT2D eigenvalue weighted by atomic mass is 14.7. The van der Waals surface area contributed by atoms with Crippen LogP contribution in [0.15, 0.2) is 297 Å². The third-order valence-corrected chi connectivity index (χ3v) is 14.8. The Hall–Kier alpha value is -9.43. The fraction of sp³-hybridized carbons (Fsp3) is 0.0139. The number of hydrogen-bond acceptors (Lipinski definition) is 1. The van der Waals surface area contributed by atoms with Gasteiger partial charge < -0.3 is 0 Å². The molecule has 0 unspecified atom stereocenters. The molecule has 1 aliphatic carbocycles. The van der Waals surface area contributed by atoms with E-state index in [9.17, 15) is 0 Å². The third kappa shape index (κ3) is 7.98. The van der Waals surface area contributed by atoms with Crippen molar-refractivity contribution in [3.8, 4) is 100 Å². The van der Waals surface area contributed by atoms with E-state index in [1.54, 1.807) is 0 Å². The summed E-state index contributed by atoms with van der Waals surface area (Å²) in [6.07, 6.45) is 0. The average molecular weight is 928 g/mol. The summed E-state index contributed by atoms with van der Waals surface area (Å²) in [6, 6.07) is 108. The van der Waals surface area contributed by atoms with Gasteiger partial charge in [-0.25, -0.2) is 4.98 Å². The van der Waals surface area contributed by atoms with Crippen LogP contribution in [0.1, 0.15) is 22.3 Å². The zero-order valence-corrected chi connectivity index (χ0v) is 40.2. The normalized spacial score (nSPS) is 12.2. The zero-order valence-electron chi connectivity index (χ0n) is 40.2. The van der Waals surface area contributed by atoms with Crippen molar-refractivity contribution in [3.63, 3.8) is 0 Å². The Balaban J connectivity index is 0.971. The molecule has 1 nitrogen and oxygen atoms in total. The van der Waals surface area contributed by atoms with Crippen molar-refractivity contribution >= 4 is 0 Å². The van der Waals surface area contributed by atoms with Gasteiger partial charge in [0.15, 0.2) is 0 Å². The first-order valence-corrected chi connectivity index (χ1v) is 25.2. The smallest absolute Gasteiger partial charge is 0.0715 e. The molecule has 0 saturated carbocycles. The topological polar surface area (TPSA) is 12.9 Å². The van der Waals surface area contributed by atoms with Gasteiger partial charge in [0.1, 0.15) is 0 Å². The van der Waals surface area contributed by atoms with Crippen LogP contribution in [0.2, 0.25) is 0 Å². The van der Waals surface area contributed by atoms with Gasteiger partial charge in [-0.1, -0.05) is 255 Å². The van der Waals surface area contributed by atoms with E-state index in [2.05, 4.69) is 297 Å². The van der Waals surface area contributed by atoms with E-state index in [-0.39, 0.29) is 0 Å². The van der Waals surface area contributed by atoms with Crippen molar-refractivity contribution < 1.29 is 0 Å². The lowest BCUT2D eigenvalue weighted by atomic mass is 9.67. The van der Waals surface area contributed by atoms with Gasteiger partial charge in [-0.3, -0.25) is 0 Å². The Morgan fingerprint density at radius 3 is 1.18 bits per heavy atom. The SMILES string of the molecule is c1ccc(-c2ccc(-c3cc4c(cc3-c3cccc(-c5cccc(-c6cc(-c7cccc(-c8ccccc8)c7)cc(-c7ccccc7)n6)c5)c3)C(c3ccccc3)(c3ccccc3)c3ccccc3-4)cc2)cc1. The van der Waals surface area contributed by atoms with Crippen LogP contribution in [0, 0.1) is 0 Å². The Kier molecular flexibility index (Phi) is 11.2. The first-order chi connectivity index (χ1) is 36.2. The molecule has 0 fully saturated rings. The Morgan fingerprint density at radius 2 is 0.575 bits per heavy atom. The van der Waals surface area contributed by atoms with Crippen molar-refractivity contribution in [1.82, 2.24) is 4.98 Å². The summed E-state index contributed by atoms with van der Waals surface area (Å²) < 4.78 is 0. The van der Waals surface area contributed by atoms with Gasteiger partial charge >= 0.3 is 0 Å². The quantitative estimate of drug-likeness (QED) is 0.133. The van der Waals surface area contributed by atoms with Crippen molar-refractivity contribution in [2.45, 2.75) is 5.41 Å². The van der Waals surface area contributed by atoms with E-state index in [1.807, 2.05) is 0 Å². The number of pyridine rings is 1. The van der Waals surface area contributed by atoms with Gasteiger partial charge in [0.05, 0.1) is 16.8 Å². The second-order valence-corrected chi connectivity index (χ2v) is 19.0. The fourth-order valence-corrected chi connectivity index (χ4v) is 11.3. The molecule has 0 bridgehead atoms. The van der Waals surface area contributed by atoms with Gasteiger partial charge in [-0.2, -0.15) is 0 Å². The van der Waals surface area contributed by atoms with E-state index in [0.29, 0.717) is 0 Å². The van der Waals surface area contributed by atoms with Crippen LogP contribution in [0.25, 0.3) is 100 Å². The summed E-state index contributed by atoms with van der Waals surface area (Å²) in [5, 5.41) is 0. The molecule has 0 spiro atoms. The summed E-state index contributed by atoms with van der Waals surface area (Å²) in [4.78, 5) is 5.36. The molecule has 1 heteroatoms. The molecule has 0 amide bonds. The molecule has 0 atom stereocenters. The molecule has 12 aromatic rings. The molecule has 0 radical (unpaired) electrons. The molecular weight excluding hydrogens is 879 g/mol. The number of rotatable bonds is 10. The van der Waals surface area contributed by atoms with Crippen LogP contribution in [-0.2, 0) is 5.41 Å². The van der Waals surface area contributed by atoms with Crippen LogP contribution in [0.5, 0.6) is 0 Å². The van der Waals surface area contributed by atoms with E-state index < -0.39 is 5.41 Å². The molecule has 342 valence electrons. The van der Waals surface area contributed by atoms with E-state index in [0.717, 1.165) is 50.3 Å². The molecule has 1 aromatic heterocycles. The summed E-state index contributed by atoms with van der Waals surface area (Å²) >= 11 is 0. The molecule has 1 heterocycles. The van der Waals surface area contributed by atoms with Gasteiger partial charge in [-0.15, -0.1) is 0 Å². The molecule has 0 saturated heterocycles. The highest BCUT2D eigenvalue weighted by Gasteiger charge is 2.46. The maximum atomic E-state index is 5.36. The first kappa shape index (κ1) is 43.6. The zero-order chi connectivity index (χ0) is 48.6. The van der Waals surface area contributed by atoms with E-state index >= 15 is 0 Å². The monoisotopic (exact) mass is 927 g/mol. The molecular formula is C72H49N. The predicted molar refractivity (Wildman–Crippen MR) is 305 cm³/mol. The second-order valence-electron chi connectivity index (χ2n) is 19.0. The second kappa shape index (κ2) is 18.7. The highest BCUT2D eigenvalue weighted by Crippen LogP contribution is 2.58. The molecule has 73 heavy (non-hydrogen) atoms. The summed E-state index contributed by atoms with van der Waals surface area (Å²) in [5.41, 5.74) is 25.1. The minimum Gasteiger partial charge on any atom is -0.248 e. The summed E-state index contributed by atoms with van der Waals surface area (Å²) in [6.45, 7) is 0. The number of fused-ring (bicyclic) bond motifs is 3. The number of nitrogens with zero attached hydrogens (tertiary/aromatic N) is 1. The van der Waals surface area contributed by atoms with Crippen molar-refractivity contribution in [1.29, 1.82) is 0 Å². The molecule has 0 N–H and O–H groups in total. The Morgan fingerprint density at radius 1 is 0.192 bits per heavy atom. The molecule has 1 aliphatic rings. The van der Waals surface area contributed by atoms with Gasteiger partial charge in [0, 0.05) is 11.1 Å². The largest absolute Gasteiger partial charge is 0.248 e. The van der Waals surface area contributed by atoms with Crippen molar-refractivity contribution in [2.75, 3.05) is 0 Å². The molecule has 0 aliphatic heterocycles. The van der Waals surface area contributed by atoms with Crippen molar-refractivity contribution in [3.05, 3.63) is 320 Å². The first-order valence-electron chi connectivity index (χ1n) is 25.2. The van der Waals surface area contributed by atoms with Crippen LogP contribution in [-0.4, -0.2) is 4.98 Å². The van der Waals surface area contributed by atoms with Gasteiger partial charge in [-0.05, 0) is 143 Å². The van der Waals surface area contributed by atoms with Crippen molar-refractivity contribution in [2.24, 2.45) is 0 Å². The van der Waals surface area contributed by atoms with Crippen LogP contribution in [0.3, 0.4) is 0 Å². The third-order valence-electron chi connectivity index (χ3n) is 14.8. The summed E-state index contributed by atoms with van der Waals surface area (Å²) in [7, 11) is 0. The number of aromatic nitrogens is 1. The maximum absolute atomic E-state index is 5.36. The minimum absolute atomic E-state index is 0.534. The molecule has 11 aromatic carbocycles. The van der Waals surface area contributed by atoms with E-state index in [1.165, 1.54) is 72.3 Å². The minimum atomic E-state index is -0.534. The van der Waals surface area contributed by atoms with Gasteiger partial charge in [0.2, 0.25) is 0 Å². The number of benzene rings is 11. The van der Waals surface area contributed by atoms with Crippen LogP contribution in [0.4, 0.5) is 0 Å². The lowest BCUT2D eigenvalue weighted by Gasteiger charge is -2.34. The molecule has 13 rings (SSSR count). The fourth-order valence-electron chi connectivity index (χ4n) is 11.3. The standard InChI is InChI=1S/C72H49N/c1-6-21-50(22-7-1)52-39-41-53(42-40-52)65-48-67-64-37-16-17-38-68(64)72(62-33-12-4-13-34-62,63-35-14-5-15-36-63)69(67)49-66(65)59-31-19-28-56(44-59)57-29-20-32-60(45-57)71-47-61(46-70(73-71)54-25-10-3-11-26-54)58-30-18-27-55(43-58)51-23-8-2-9-24-51/h1-49H. The highest BCUT2D eigenvalue weighted by molar-refractivity contribution is 5.96. The van der Waals surface area contributed by atoms with Crippen LogP contribution < -0.4 is 0 Å². The lowest BCUT2D eigenvalue weighted by Crippen LogP contribution is -2.28.